The summed E-state index contributed by atoms with van der Waals surface area (Å²) < 4.78 is 17.1. The molecule has 0 saturated heterocycles. The van der Waals surface area contributed by atoms with Crippen LogP contribution in [0.1, 0.15) is 27.7 Å². The molecule has 0 aromatic carbocycles. The van der Waals surface area contributed by atoms with Gasteiger partial charge in [0, 0.05) is 19.8 Å². The van der Waals surface area contributed by atoms with Gasteiger partial charge in [-0.2, -0.15) is 0 Å². The van der Waals surface area contributed by atoms with Crippen LogP contribution in [-0.4, -0.2) is 40.9 Å². The Morgan fingerprint density at radius 1 is 1.07 bits per heavy atom. The van der Waals surface area contributed by atoms with Crippen LogP contribution in [0.5, 0.6) is 0 Å². The molecule has 1 unspecified atom stereocenters. The topological polar surface area (TPSA) is 27.7 Å². The first-order valence-corrected chi connectivity index (χ1v) is 7.68. The van der Waals surface area contributed by atoms with Crippen molar-refractivity contribution in [2.24, 2.45) is 0 Å². The second-order valence-electron chi connectivity index (χ2n) is 3.13. The van der Waals surface area contributed by atoms with Crippen molar-refractivity contribution in [3.05, 3.63) is 0 Å². The zero-order chi connectivity index (χ0) is 11.0. The predicted octanol–water partition coefficient (Wildman–Crippen LogP) is 1.36. The van der Waals surface area contributed by atoms with Crippen molar-refractivity contribution in [2.45, 2.75) is 45.8 Å². The summed E-state index contributed by atoms with van der Waals surface area (Å²) in [5.74, 6) is 0. The summed E-state index contributed by atoms with van der Waals surface area (Å²) in [6.07, 6.45) is 0.0315. The number of hydrogen-bond acceptors (Lipinski definition) is 3. The van der Waals surface area contributed by atoms with E-state index in [1.54, 1.807) is 0 Å². The van der Waals surface area contributed by atoms with Crippen molar-refractivity contribution in [2.75, 3.05) is 19.8 Å². The van der Waals surface area contributed by atoms with Gasteiger partial charge in [0.15, 0.2) is 5.41 Å². The first-order chi connectivity index (χ1) is 6.66. The van der Waals surface area contributed by atoms with E-state index in [2.05, 4.69) is 6.55 Å². The van der Waals surface area contributed by atoms with Gasteiger partial charge in [-0.15, -0.1) is 0 Å². The van der Waals surface area contributed by atoms with Crippen molar-refractivity contribution in [3.8, 4) is 0 Å². The summed E-state index contributed by atoms with van der Waals surface area (Å²) in [5, 5.41) is 0. The third kappa shape index (κ3) is 3.69. The minimum atomic E-state index is -0.438. The summed E-state index contributed by atoms with van der Waals surface area (Å²) >= 11 is 0. The summed E-state index contributed by atoms with van der Waals surface area (Å²) in [7, 11) is -0.438. The minimum Gasteiger partial charge on any atom is -0.374 e. The van der Waals surface area contributed by atoms with E-state index in [9.17, 15) is 0 Å². The Hall–Kier alpha value is 0.0969. The average molecular weight is 220 g/mol. The van der Waals surface area contributed by atoms with Gasteiger partial charge in [0.05, 0.1) is 9.52 Å². The maximum absolute atomic E-state index is 5.75. The van der Waals surface area contributed by atoms with E-state index < -0.39 is 14.9 Å². The van der Waals surface area contributed by atoms with E-state index in [-0.39, 0.29) is 6.10 Å². The van der Waals surface area contributed by atoms with Gasteiger partial charge >= 0.3 is 0 Å². The van der Waals surface area contributed by atoms with Crippen LogP contribution in [-0.2, 0) is 14.2 Å². The second kappa shape index (κ2) is 7.40. The van der Waals surface area contributed by atoms with Crippen molar-refractivity contribution in [1.29, 1.82) is 0 Å². The normalized spacial score (nSPS) is 15.2. The number of rotatable bonds is 8. The molecule has 0 aliphatic rings. The van der Waals surface area contributed by atoms with Gasteiger partial charge in [0.1, 0.15) is 6.10 Å². The fourth-order valence-corrected chi connectivity index (χ4v) is 3.14. The Labute approximate surface area is 89.9 Å². The number of hydrogen-bond donors (Lipinski definition) is 0. The molecule has 0 heterocycles. The Balaban J connectivity index is 4.45. The van der Waals surface area contributed by atoms with Crippen molar-refractivity contribution >= 4 is 9.52 Å². The molecule has 0 aromatic rings. The molecule has 0 aliphatic carbocycles. The lowest BCUT2D eigenvalue weighted by atomic mass is 10.3. The Morgan fingerprint density at radius 3 is 1.86 bits per heavy atom. The maximum Gasteiger partial charge on any atom is 0.169 e. The van der Waals surface area contributed by atoms with Crippen molar-refractivity contribution in [3.63, 3.8) is 0 Å². The van der Waals surface area contributed by atoms with E-state index in [4.69, 9.17) is 14.2 Å². The van der Waals surface area contributed by atoms with Crippen LogP contribution < -0.4 is 0 Å². The first-order valence-electron chi connectivity index (χ1n) is 5.56. The van der Waals surface area contributed by atoms with Crippen LogP contribution in [0.2, 0.25) is 6.55 Å². The molecule has 0 amide bonds. The summed E-state index contributed by atoms with van der Waals surface area (Å²) in [6.45, 7) is 12.3. The molecule has 0 bridgehead atoms. The second-order valence-corrected chi connectivity index (χ2v) is 4.82. The average Bonchev–Trinajstić information content (AvgIpc) is 2.17. The van der Waals surface area contributed by atoms with Gasteiger partial charge < -0.3 is 14.2 Å². The van der Waals surface area contributed by atoms with Crippen molar-refractivity contribution in [1.82, 2.24) is 0 Å². The summed E-state index contributed by atoms with van der Waals surface area (Å²) in [6, 6.07) is 0. The highest BCUT2D eigenvalue weighted by molar-refractivity contribution is 6.37. The largest absolute Gasteiger partial charge is 0.374 e. The van der Waals surface area contributed by atoms with E-state index in [0.717, 1.165) is 0 Å². The molecular weight excluding hydrogens is 196 g/mol. The molecule has 0 N–H and O–H groups in total. The zero-order valence-electron chi connectivity index (χ0n) is 10.1. The van der Waals surface area contributed by atoms with Gasteiger partial charge in [0.2, 0.25) is 0 Å². The molecule has 86 valence electrons. The van der Waals surface area contributed by atoms with Crippen LogP contribution in [0.15, 0.2) is 0 Å². The SMILES string of the molecule is CCOC(C)C(OCC)(OCC)[SiH2]C. The third-order valence-electron chi connectivity index (χ3n) is 2.31. The molecule has 0 aliphatic heterocycles. The molecule has 1 atom stereocenters. The zero-order valence-corrected chi connectivity index (χ0v) is 11.5. The molecule has 3 nitrogen and oxygen atoms in total. The lowest BCUT2D eigenvalue weighted by Crippen LogP contribution is -2.51. The minimum absolute atomic E-state index is 0.0315. The predicted molar refractivity (Wildman–Crippen MR) is 61.5 cm³/mol. The van der Waals surface area contributed by atoms with Crippen LogP contribution in [0.25, 0.3) is 0 Å². The molecule has 0 saturated carbocycles. The molecule has 14 heavy (non-hydrogen) atoms. The first kappa shape index (κ1) is 14.1. The highest BCUT2D eigenvalue weighted by Crippen LogP contribution is 2.20. The highest BCUT2D eigenvalue weighted by Gasteiger charge is 2.36. The summed E-state index contributed by atoms with van der Waals surface area (Å²) in [4.78, 5) is 0. The van der Waals surface area contributed by atoms with Gasteiger partial charge in [-0.1, -0.05) is 6.55 Å². The third-order valence-corrected chi connectivity index (χ3v) is 4.27. The Bertz CT molecular complexity index is 135. The molecule has 0 spiro atoms. The standard InChI is InChI=1S/C10H24O3Si/c1-6-11-9(4)10(14-5,12-7-2)13-8-3/h9H,6-8,14H2,1-5H3. The molecule has 0 aromatic heterocycles. The monoisotopic (exact) mass is 220 g/mol. The lowest BCUT2D eigenvalue weighted by Gasteiger charge is -2.37. The quantitative estimate of drug-likeness (QED) is 0.456. The van der Waals surface area contributed by atoms with Crippen molar-refractivity contribution < 1.29 is 14.2 Å². The van der Waals surface area contributed by atoms with E-state index in [1.165, 1.54) is 0 Å². The highest BCUT2D eigenvalue weighted by atomic mass is 28.2. The van der Waals surface area contributed by atoms with E-state index in [1.807, 2.05) is 27.7 Å². The number of ether oxygens (including phenoxy) is 3. The van der Waals surface area contributed by atoms with Crippen LogP contribution in [0.4, 0.5) is 0 Å². The van der Waals surface area contributed by atoms with Gasteiger partial charge in [-0.25, -0.2) is 0 Å². The van der Waals surface area contributed by atoms with Gasteiger partial charge in [0.25, 0.3) is 0 Å². The molecular formula is C10H24O3Si. The molecule has 0 rings (SSSR count). The molecule has 4 heteroatoms. The Kier molecular flexibility index (Phi) is 7.45. The van der Waals surface area contributed by atoms with Crippen LogP contribution >= 0.6 is 0 Å². The van der Waals surface area contributed by atoms with E-state index >= 15 is 0 Å². The smallest absolute Gasteiger partial charge is 0.169 e. The van der Waals surface area contributed by atoms with Crippen LogP contribution in [0.3, 0.4) is 0 Å². The van der Waals surface area contributed by atoms with Gasteiger partial charge in [-0.3, -0.25) is 0 Å². The van der Waals surface area contributed by atoms with E-state index in [0.29, 0.717) is 19.8 Å². The Morgan fingerprint density at radius 2 is 1.57 bits per heavy atom. The fourth-order valence-electron chi connectivity index (χ4n) is 1.63. The molecule has 0 radical (unpaired) electrons. The summed E-state index contributed by atoms with van der Waals surface area (Å²) in [5.41, 5.74) is -0.431. The molecule has 0 fully saturated rings. The van der Waals surface area contributed by atoms with Crippen LogP contribution in [0, 0.1) is 0 Å². The maximum atomic E-state index is 5.75. The lowest BCUT2D eigenvalue weighted by molar-refractivity contribution is -0.232. The van der Waals surface area contributed by atoms with Gasteiger partial charge in [-0.05, 0) is 27.7 Å². The fraction of sp³-hybridized carbons (Fsp3) is 1.00.